The maximum absolute atomic E-state index is 3.66. The zero-order valence-electron chi connectivity index (χ0n) is 13.2. The van der Waals surface area contributed by atoms with Crippen LogP contribution in [0.2, 0.25) is 0 Å². The first kappa shape index (κ1) is 14.6. The summed E-state index contributed by atoms with van der Waals surface area (Å²) in [5.74, 6) is 0.915. The lowest BCUT2D eigenvalue weighted by Crippen LogP contribution is -2.38. The predicted octanol–water partition coefficient (Wildman–Crippen LogP) is 4.26. The van der Waals surface area contributed by atoms with E-state index in [4.69, 9.17) is 0 Å². The molecule has 1 N–H and O–H groups in total. The van der Waals surface area contributed by atoms with Gasteiger partial charge in [0, 0.05) is 12.6 Å². The second kappa shape index (κ2) is 5.66. The lowest BCUT2D eigenvalue weighted by molar-refractivity contribution is 0.248. The summed E-state index contributed by atoms with van der Waals surface area (Å²) in [6.45, 7) is 12.5. The number of benzene rings is 1. The third-order valence-electron chi connectivity index (χ3n) is 4.58. The first-order chi connectivity index (χ1) is 8.90. The molecule has 1 atom stereocenters. The molecule has 19 heavy (non-hydrogen) atoms. The molecule has 1 nitrogen and oxygen atoms in total. The van der Waals surface area contributed by atoms with Crippen molar-refractivity contribution < 1.29 is 0 Å². The van der Waals surface area contributed by atoms with Crippen LogP contribution in [0.4, 0.5) is 0 Å². The summed E-state index contributed by atoms with van der Waals surface area (Å²) in [5, 5.41) is 3.66. The topological polar surface area (TPSA) is 12.0 Å². The minimum atomic E-state index is 0.419. The predicted molar refractivity (Wildman–Crippen MR) is 83.6 cm³/mol. The van der Waals surface area contributed by atoms with Gasteiger partial charge in [-0.1, -0.05) is 44.5 Å². The number of hydrogen-bond donors (Lipinski definition) is 1. The third kappa shape index (κ3) is 3.82. The Morgan fingerprint density at radius 3 is 2.53 bits per heavy atom. The Balaban J connectivity index is 2.13. The van der Waals surface area contributed by atoms with Crippen molar-refractivity contribution >= 4 is 0 Å². The Labute approximate surface area is 118 Å². The molecular formula is C18H29N. The minimum absolute atomic E-state index is 0.419. The van der Waals surface area contributed by atoms with Crippen molar-refractivity contribution in [3.8, 4) is 0 Å². The Kier molecular flexibility index (Phi) is 4.35. The minimum Gasteiger partial charge on any atom is -0.314 e. The molecule has 1 aromatic rings. The average Bonchev–Trinajstić information content (AvgIpc) is 3.16. The molecule has 0 aliphatic heterocycles. The van der Waals surface area contributed by atoms with Crippen LogP contribution in [0.5, 0.6) is 0 Å². The second-order valence-corrected chi connectivity index (χ2v) is 7.07. The highest BCUT2D eigenvalue weighted by atomic mass is 14.9. The summed E-state index contributed by atoms with van der Waals surface area (Å²) in [6.07, 6.45) is 4.05. The molecule has 0 heterocycles. The molecule has 0 saturated heterocycles. The highest BCUT2D eigenvalue weighted by Gasteiger charge is 2.41. The smallest absolute Gasteiger partial charge is 0.00134 e. The fraction of sp³-hybridized carbons (Fsp3) is 0.667. The van der Waals surface area contributed by atoms with E-state index in [0.29, 0.717) is 11.5 Å². The molecule has 1 aliphatic carbocycles. The molecule has 1 saturated carbocycles. The molecule has 0 bridgehead atoms. The van der Waals surface area contributed by atoms with Gasteiger partial charge in [0.15, 0.2) is 0 Å². The second-order valence-electron chi connectivity index (χ2n) is 7.07. The zero-order valence-corrected chi connectivity index (χ0v) is 13.2. The van der Waals surface area contributed by atoms with Gasteiger partial charge in [0.1, 0.15) is 0 Å². The Morgan fingerprint density at radius 2 is 1.95 bits per heavy atom. The maximum atomic E-state index is 3.66. The molecule has 1 fully saturated rings. The number of rotatable bonds is 6. The third-order valence-corrected chi connectivity index (χ3v) is 4.58. The van der Waals surface area contributed by atoms with E-state index in [9.17, 15) is 0 Å². The molecular weight excluding hydrogens is 230 g/mol. The Hall–Kier alpha value is -0.820. The molecule has 0 spiro atoms. The van der Waals surface area contributed by atoms with Crippen LogP contribution in [0.3, 0.4) is 0 Å². The zero-order chi connectivity index (χ0) is 14.0. The van der Waals surface area contributed by atoms with E-state index in [1.807, 2.05) is 0 Å². The monoisotopic (exact) mass is 259 g/mol. The Morgan fingerprint density at radius 1 is 1.26 bits per heavy atom. The van der Waals surface area contributed by atoms with Crippen molar-refractivity contribution in [2.45, 2.75) is 59.9 Å². The Bertz CT molecular complexity index is 431. The maximum Gasteiger partial charge on any atom is 0.00134 e. The summed E-state index contributed by atoms with van der Waals surface area (Å²) < 4.78 is 0. The van der Waals surface area contributed by atoms with Crippen molar-refractivity contribution in [3.05, 3.63) is 34.9 Å². The van der Waals surface area contributed by atoms with E-state index in [2.05, 4.69) is 58.1 Å². The summed E-state index contributed by atoms with van der Waals surface area (Å²) >= 11 is 0. The molecule has 0 amide bonds. The van der Waals surface area contributed by atoms with Gasteiger partial charge in [-0.25, -0.2) is 0 Å². The average molecular weight is 259 g/mol. The summed E-state index contributed by atoms with van der Waals surface area (Å²) in [7, 11) is 0. The van der Waals surface area contributed by atoms with E-state index in [0.717, 1.165) is 12.5 Å². The lowest BCUT2D eigenvalue weighted by atomic mass is 9.77. The summed E-state index contributed by atoms with van der Waals surface area (Å²) in [4.78, 5) is 0. The fourth-order valence-corrected chi connectivity index (χ4v) is 2.99. The summed E-state index contributed by atoms with van der Waals surface area (Å²) in [5.41, 5.74) is 4.79. The van der Waals surface area contributed by atoms with Gasteiger partial charge < -0.3 is 5.32 Å². The lowest BCUT2D eigenvalue weighted by Gasteiger charge is -2.32. The summed E-state index contributed by atoms with van der Waals surface area (Å²) in [6, 6.07) is 7.45. The fourth-order valence-electron chi connectivity index (χ4n) is 2.99. The van der Waals surface area contributed by atoms with Crippen LogP contribution in [-0.4, -0.2) is 12.6 Å². The molecule has 2 rings (SSSR count). The van der Waals surface area contributed by atoms with Gasteiger partial charge in [-0.3, -0.25) is 0 Å². The molecule has 1 heteroatoms. The van der Waals surface area contributed by atoms with Gasteiger partial charge in [0.05, 0.1) is 0 Å². The van der Waals surface area contributed by atoms with E-state index >= 15 is 0 Å². The number of hydrogen-bond acceptors (Lipinski definition) is 1. The van der Waals surface area contributed by atoms with Crippen LogP contribution < -0.4 is 5.32 Å². The van der Waals surface area contributed by atoms with Gasteiger partial charge in [0.25, 0.3) is 0 Å². The van der Waals surface area contributed by atoms with Gasteiger partial charge in [0.2, 0.25) is 0 Å². The molecule has 1 unspecified atom stereocenters. The first-order valence-corrected chi connectivity index (χ1v) is 7.70. The normalized spacial score (nSPS) is 18.6. The van der Waals surface area contributed by atoms with Crippen molar-refractivity contribution in [1.29, 1.82) is 0 Å². The SMILES string of the molecule is Cc1ccc(C)c(CC(C)(CNC(C)C)C2CC2)c1. The van der Waals surface area contributed by atoms with Gasteiger partial charge >= 0.3 is 0 Å². The standard InChI is InChI=1S/C18H29N/c1-13(2)19-12-18(5,17-8-9-17)11-16-10-14(3)6-7-15(16)4/h6-7,10,13,17,19H,8-9,11-12H2,1-5H3. The van der Waals surface area contributed by atoms with Gasteiger partial charge in [-0.05, 0) is 55.6 Å². The van der Waals surface area contributed by atoms with Crippen molar-refractivity contribution in [2.24, 2.45) is 11.3 Å². The van der Waals surface area contributed by atoms with E-state index in [-0.39, 0.29) is 0 Å². The molecule has 1 aliphatic rings. The molecule has 106 valence electrons. The number of aryl methyl sites for hydroxylation is 2. The number of nitrogens with one attached hydrogen (secondary N) is 1. The first-order valence-electron chi connectivity index (χ1n) is 7.70. The molecule has 0 aromatic heterocycles. The molecule has 1 aromatic carbocycles. The van der Waals surface area contributed by atoms with E-state index in [1.165, 1.54) is 30.4 Å². The van der Waals surface area contributed by atoms with Crippen LogP contribution >= 0.6 is 0 Å². The highest BCUT2D eigenvalue weighted by molar-refractivity contribution is 5.31. The molecule has 0 radical (unpaired) electrons. The van der Waals surface area contributed by atoms with Crippen molar-refractivity contribution in [3.63, 3.8) is 0 Å². The highest BCUT2D eigenvalue weighted by Crippen LogP contribution is 2.47. The largest absolute Gasteiger partial charge is 0.314 e. The van der Waals surface area contributed by atoms with Crippen LogP contribution in [0, 0.1) is 25.2 Å². The van der Waals surface area contributed by atoms with Gasteiger partial charge in [-0.2, -0.15) is 0 Å². The van der Waals surface area contributed by atoms with Crippen LogP contribution in [0.15, 0.2) is 18.2 Å². The van der Waals surface area contributed by atoms with Crippen LogP contribution in [0.25, 0.3) is 0 Å². The van der Waals surface area contributed by atoms with E-state index in [1.54, 1.807) is 5.56 Å². The quantitative estimate of drug-likeness (QED) is 0.805. The van der Waals surface area contributed by atoms with Crippen molar-refractivity contribution in [1.82, 2.24) is 5.32 Å². The van der Waals surface area contributed by atoms with Crippen LogP contribution in [-0.2, 0) is 6.42 Å². The van der Waals surface area contributed by atoms with Gasteiger partial charge in [-0.15, -0.1) is 0 Å². The van der Waals surface area contributed by atoms with E-state index < -0.39 is 0 Å². The van der Waals surface area contributed by atoms with Crippen LogP contribution in [0.1, 0.15) is 50.3 Å². The van der Waals surface area contributed by atoms with Crippen molar-refractivity contribution in [2.75, 3.05) is 6.54 Å².